The summed E-state index contributed by atoms with van der Waals surface area (Å²) in [5.41, 5.74) is 0. The Balaban J connectivity index is 3.64. The molecule has 0 bridgehead atoms. The number of thiol groups is 2. The van der Waals surface area contributed by atoms with Crippen LogP contribution in [-0.4, -0.2) is 35.8 Å². The molecule has 1 unspecified atom stereocenters. The van der Waals surface area contributed by atoms with Crippen molar-refractivity contribution in [2.24, 2.45) is 5.92 Å². The Hall–Kier alpha value is 0.130. The van der Waals surface area contributed by atoms with E-state index in [1.165, 1.54) is 0 Å². The molecule has 1 N–H and O–H groups in total. The lowest BCUT2D eigenvalue weighted by Crippen LogP contribution is -2.21. The molecule has 0 radical (unpaired) electrons. The fourth-order valence-corrected chi connectivity index (χ4v) is 1.26. The third-order valence-corrected chi connectivity index (χ3v) is 2.34. The number of rotatable bonds is 7. The number of aliphatic hydroxyl groups is 1. The van der Waals surface area contributed by atoms with Crippen LogP contribution in [0.15, 0.2) is 0 Å². The Morgan fingerprint density at radius 1 is 1.46 bits per heavy atom. The number of carbonyl (C=O) groups is 1. The predicted molar refractivity (Wildman–Crippen MR) is 58.5 cm³/mol. The van der Waals surface area contributed by atoms with Gasteiger partial charge in [0.25, 0.3) is 0 Å². The highest BCUT2D eigenvalue weighted by molar-refractivity contribution is 7.80. The first kappa shape index (κ1) is 13.1. The van der Waals surface area contributed by atoms with E-state index in [9.17, 15) is 4.79 Å². The molecule has 0 aliphatic carbocycles. The van der Waals surface area contributed by atoms with Crippen LogP contribution in [0.2, 0.25) is 0 Å². The van der Waals surface area contributed by atoms with Gasteiger partial charge in [-0.25, -0.2) is 0 Å². The lowest BCUT2D eigenvalue weighted by molar-refractivity contribution is -0.148. The summed E-state index contributed by atoms with van der Waals surface area (Å²) >= 11 is 8.00. The number of hydrogen-bond donors (Lipinski definition) is 3. The molecule has 0 aliphatic rings. The van der Waals surface area contributed by atoms with Crippen LogP contribution in [0, 0.1) is 5.92 Å². The van der Waals surface area contributed by atoms with Gasteiger partial charge in [0.05, 0.1) is 12.5 Å². The molecule has 0 rings (SSSR count). The second-order valence-electron chi connectivity index (χ2n) is 2.64. The summed E-state index contributed by atoms with van der Waals surface area (Å²) in [4.78, 5) is 11.2. The van der Waals surface area contributed by atoms with Crippen molar-refractivity contribution < 1.29 is 14.6 Å². The van der Waals surface area contributed by atoms with Gasteiger partial charge in [-0.1, -0.05) is 0 Å². The molecule has 5 heteroatoms. The SMILES string of the molecule is O=C(OCCCS)C(CS)CCO. The van der Waals surface area contributed by atoms with E-state index in [2.05, 4.69) is 25.3 Å². The van der Waals surface area contributed by atoms with Crippen molar-refractivity contribution in [2.45, 2.75) is 12.8 Å². The highest BCUT2D eigenvalue weighted by atomic mass is 32.1. The zero-order valence-electron chi connectivity index (χ0n) is 7.48. The van der Waals surface area contributed by atoms with Crippen molar-refractivity contribution in [3.8, 4) is 0 Å². The summed E-state index contributed by atoms with van der Waals surface area (Å²) in [6.45, 7) is 0.394. The smallest absolute Gasteiger partial charge is 0.309 e. The third kappa shape index (κ3) is 6.23. The van der Waals surface area contributed by atoms with Crippen LogP contribution in [0.3, 0.4) is 0 Å². The van der Waals surface area contributed by atoms with E-state index in [0.29, 0.717) is 24.5 Å². The van der Waals surface area contributed by atoms with E-state index in [1.54, 1.807) is 0 Å². The molecule has 0 aliphatic heterocycles. The Morgan fingerprint density at radius 3 is 2.62 bits per heavy atom. The Kier molecular flexibility index (Phi) is 8.80. The maximum atomic E-state index is 11.2. The van der Waals surface area contributed by atoms with E-state index >= 15 is 0 Å². The standard InChI is InChI=1S/C8H16O3S2/c9-3-2-7(6-13)8(10)11-4-1-5-12/h7,9,12-13H,1-6H2. The Bertz CT molecular complexity index is 141. The minimum atomic E-state index is -0.284. The molecule has 0 heterocycles. The van der Waals surface area contributed by atoms with E-state index in [-0.39, 0.29) is 18.5 Å². The highest BCUT2D eigenvalue weighted by Crippen LogP contribution is 2.07. The first-order valence-corrected chi connectivity index (χ1v) is 5.52. The molecule has 0 saturated heterocycles. The van der Waals surface area contributed by atoms with Crippen LogP contribution >= 0.6 is 25.3 Å². The zero-order chi connectivity index (χ0) is 10.1. The maximum absolute atomic E-state index is 11.2. The van der Waals surface area contributed by atoms with Crippen molar-refractivity contribution >= 4 is 31.2 Å². The molecular weight excluding hydrogens is 208 g/mol. The first-order valence-electron chi connectivity index (χ1n) is 4.25. The normalized spacial score (nSPS) is 12.5. The third-order valence-electron chi connectivity index (χ3n) is 1.58. The quantitative estimate of drug-likeness (QED) is 0.340. The Labute approximate surface area is 89.7 Å². The molecule has 3 nitrogen and oxygen atoms in total. The van der Waals surface area contributed by atoms with Crippen molar-refractivity contribution in [3.05, 3.63) is 0 Å². The number of hydrogen-bond acceptors (Lipinski definition) is 5. The summed E-state index contributed by atoms with van der Waals surface area (Å²) in [5, 5.41) is 8.63. The summed E-state index contributed by atoms with van der Waals surface area (Å²) in [6.07, 6.45) is 1.18. The van der Waals surface area contributed by atoms with Gasteiger partial charge in [-0.05, 0) is 18.6 Å². The predicted octanol–water partition coefficient (Wildman–Crippen LogP) is 0.778. The van der Waals surface area contributed by atoms with Crippen molar-refractivity contribution in [1.29, 1.82) is 0 Å². The second-order valence-corrected chi connectivity index (χ2v) is 3.45. The largest absolute Gasteiger partial charge is 0.465 e. The van der Waals surface area contributed by atoms with Crippen LogP contribution in [-0.2, 0) is 9.53 Å². The fraction of sp³-hybridized carbons (Fsp3) is 0.875. The van der Waals surface area contributed by atoms with Gasteiger partial charge in [0.1, 0.15) is 0 Å². The monoisotopic (exact) mass is 224 g/mol. The van der Waals surface area contributed by atoms with Crippen LogP contribution in [0.4, 0.5) is 0 Å². The zero-order valence-corrected chi connectivity index (χ0v) is 9.27. The summed E-state index contributed by atoms with van der Waals surface area (Å²) in [7, 11) is 0. The van der Waals surface area contributed by atoms with Crippen molar-refractivity contribution in [1.82, 2.24) is 0 Å². The van der Waals surface area contributed by atoms with Crippen LogP contribution < -0.4 is 0 Å². The van der Waals surface area contributed by atoms with Gasteiger partial charge in [0.15, 0.2) is 0 Å². The fourth-order valence-electron chi connectivity index (χ4n) is 0.795. The second kappa shape index (κ2) is 8.72. The molecule has 1 atom stereocenters. The van der Waals surface area contributed by atoms with Crippen LogP contribution in [0.1, 0.15) is 12.8 Å². The van der Waals surface area contributed by atoms with Gasteiger partial charge in [-0.2, -0.15) is 25.3 Å². The van der Waals surface area contributed by atoms with E-state index in [4.69, 9.17) is 9.84 Å². The van der Waals surface area contributed by atoms with Crippen LogP contribution in [0.5, 0.6) is 0 Å². The van der Waals surface area contributed by atoms with Gasteiger partial charge in [-0.15, -0.1) is 0 Å². The van der Waals surface area contributed by atoms with Crippen molar-refractivity contribution in [3.63, 3.8) is 0 Å². The summed E-state index contributed by atoms with van der Waals surface area (Å²) in [6, 6.07) is 0. The topological polar surface area (TPSA) is 46.5 Å². The Morgan fingerprint density at radius 2 is 2.15 bits per heavy atom. The number of esters is 1. The minimum absolute atomic E-state index is 0.00705. The molecule has 0 saturated carbocycles. The van der Waals surface area contributed by atoms with E-state index < -0.39 is 0 Å². The summed E-state index contributed by atoms with van der Waals surface area (Å²) in [5.74, 6) is 0.568. The number of carbonyl (C=O) groups excluding carboxylic acids is 1. The van der Waals surface area contributed by atoms with Gasteiger partial charge < -0.3 is 9.84 Å². The molecule has 0 aromatic rings. The lowest BCUT2D eigenvalue weighted by Gasteiger charge is -2.11. The molecule has 0 fully saturated rings. The van der Waals surface area contributed by atoms with Gasteiger partial charge in [0, 0.05) is 12.4 Å². The number of ether oxygens (including phenoxy) is 1. The summed E-state index contributed by atoms with van der Waals surface area (Å²) < 4.78 is 4.94. The first-order chi connectivity index (χ1) is 6.26. The highest BCUT2D eigenvalue weighted by Gasteiger charge is 2.17. The average molecular weight is 224 g/mol. The minimum Gasteiger partial charge on any atom is -0.465 e. The molecule has 13 heavy (non-hydrogen) atoms. The molecule has 0 spiro atoms. The lowest BCUT2D eigenvalue weighted by atomic mass is 10.1. The molecule has 0 aromatic heterocycles. The van der Waals surface area contributed by atoms with E-state index in [0.717, 1.165) is 6.42 Å². The van der Waals surface area contributed by atoms with Gasteiger partial charge in [-0.3, -0.25) is 4.79 Å². The number of aliphatic hydroxyl groups excluding tert-OH is 1. The van der Waals surface area contributed by atoms with Crippen molar-refractivity contribution in [2.75, 3.05) is 24.7 Å². The van der Waals surface area contributed by atoms with Crippen LogP contribution in [0.25, 0.3) is 0 Å². The molecular formula is C8H16O3S2. The molecule has 0 amide bonds. The molecule has 0 aromatic carbocycles. The van der Waals surface area contributed by atoms with E-state index in [1.807, 2.05) is 0 Å². The maximum Gasteiger partial charge on any atom is 0.309 e. The average Bonchev–Trinajstić information content (AvgIpc) is 2.14. The van der Waals surface area contributed by atoms with Gasteiger partial charge >= 0.3 is 5.97 Å². The molecule has 78 valence electrons. The van der Waals surface area contributed by atoms with Gasteiger partial charge in [0.2, 0.25) is 0 Å².